The molecule has 1 aromatic heterocycles. The Bertz CT molecular complexity index is 747. The molecule has 1 heterocycles. The third kappa shape index (κ3) is 2.44. The second-order valence-corrected chi connectivity index (χ2v) is 4.73. The van der Waals surface area contributed by atoms with Gasteiger partial charge in [-0.25, -0.2) is 13.6 Å². The molecule has 0 atom stereocenters. The largest absolute Gasteiger partial charge is 0.618 e. The van der Waals surface area contributed by atoms with E-state index in [4.69, 9.17) is 4.74 Å². The lowest BCUT2D eigenvalue weighted by molar-refractivity contribution is -0.635. The van der Waals surface area contributed by atoms with Crippen molar-refractivity contribution in [1.29, 1.82) is 0 Å². The summed E-state index contributed by atoms with van der Waals surface area (Å²) in [7, 11) is 0. The van der Waals surface area contributed by atoms with Crippen molar-refractivity contribution in [2.75, 3.05) is 0 Å². The van der Waals surface area contributed by atoms with Gasteiger partial charge in [-0.1, -0.05) is 0 Å². The number of esters is 1. The number of nitrogens with zero attached hydrogens (tertiary/aromatic N) is 2. The minimum atomic E-state index is -1.29. The molecule has 0 N–H and O–H groups in total. The van der Waals surface area contributed by atoms with Crippen LogP contribution in [0.25, 0.3) is 11.0 Å². The third-order valence-corrected chi connectivity index (χ3v) is 2.84. The normalized spacial score (nSPS) is 11.1. The smallest absolute Gasteiger partial charge is 0.412 e. The standard InChI is InChI=1S/C13H12F2N2O4/c1-6(2)21-13(18)12-7(3)16(19)10-4-8(14)9(15)5-11(10)17(12)20/h4-6H,1-3H3. The first kappa shape index (κ1) is 14.9. The molecule has 8 heteroatoms. The van der Waals surface area contributed by atoms with Gasteiger partial charge in [0.15, 0.2) is 11.6 Å². The molecule has 0 aliphatic carbocycles. The highest BCUT2D eigenvalue weighted by Crippen LogP contribution is 2.15. The first-order valence-electron chi connectivity index (χ1n) is 6.09. The lowest BCUT2D eigenvalue weighted by Gasteiger charge is -2.12. The highest BCUT2D eigenvalue weighted by Gasteiger charge is 2.33. The van der Waals surface area contributed by atoms with Crippen molar-refractivity contribution < 1.29 is 27.8 Å². The maximum Gasteiger partial charge on any atom is 0.412 e. The number of hydrogen-bond acceptors (Lipinski definition) is 4. The van der Waals surface area contributed by atoms with Crippen LogP contribution < -0.4 is 9.46 Å². The van der Waals surface area contributed by atoms with Gasteiger partial charge in [0, 0.05) is 6.92 Å². The molecule has 0 fully saturated rings. The van der Waals surface area contributed by atoms with Gasteiger partial charge in [0.2, 0.25) is 0 Å². The SMILES string of the molecule is Cc1c(C(=O)OC(C)C)[n+]([O-])c2cc(F)c(F)cc2[n+]1[O-]. The predicted molar refractivity (Wildman–Crippen MR) is 67.1 cm³/mol. The monoisotopic (exact) mass is 298 g/mol. The van der Waals surface area contributed by atoms with Crippen molar-refractivity contribution in [3.05, 3.63) is 45.6 Å². The van der Waals surface area contributed by atoms with E-state index in [1.165, 1.54) is 6.92 Å². The molecule has 2 rings (SSSR count). The summed E-state index contributed by atoms with van der Waals surface area (Å²) in [5.74, 6) is -3.56. The zero-order chi connectivity index (χ0) is 15.9. The average molecular weight is 298 g/mol. The summed E-state index contributed by atoms with van der Waals surface area (Å²) in [4.78, 5) is 11.9. The summed E-state index contributed by atoms with van der Waals surface area (Å²) < 4.78 is 31.6. The zero-order valence-corrected chi connectivity index (χ0v) is 11.5. The van der Waals surface area contributed by atoms with Gasteiger partial charge in [-0.2, -0.15) is 4.73 Å². The van der Waals surface area contributed by atoms with Crippen LogP contribution in [0.3, 0.4) is 0 Å². The van der Waals surface area contributed by atoms with E-state index in [1.54, 1.807) is 13.8 Å². The molecule has 0 bridgehead atoms. The Morgan fingerprint density at radius 1 is 1.14 bits per heavy atom. The van der Waals surface area contributed by atoms with Gasteiger partial charge in [-0.3, -0.25) is 0 Å². The van der Waals surface area contributed by atoms with E-state index in [1.807, 2.05) is 0 Å². The molecule has 6 nitrogen and oxygen atoms in total. The van der Waals surface area contributed by atoms with Gasteiger partial charge in [0.25, 0.3) is 16.7 Å². The van der Waals surface area contributed by atoms with E-state index in [-0.39, 0.29) is 20.7 Å². The molecule has 0 unspecified atom stereocenters. The Kier molecular flexibility index (Phi) is 3.63. The summed E-state index contributed by atoms with van der Waals surface area (Å²) in [5, 5.41) is 24.2. The van der Waals surface area contributed by atoms with E-state index in [0.29, 0.717) is 12.1 Å². The summed E-state index contributed by atoms with van der Waals surface area (Å²) in [5.41, 5.74) is -1.64. The molecule has 0 saturated heterocycles. The van der Waals surface area contributed by atoms with Gasteiger partial charge in [-0.05, 0) is 13.8 Å². The molecule has 0 aliphatic heterocycles. The topological polar surface area (TPSA) is 80.2 Å². The van der Waals surface area contributed by atoms with Crippen molar-refractivity contribution in [2.45, 2.75) is 26.9 Å². The van der Waals surface area contributed by atoms with Crippen LogP contribution >= 0.6 is 0 Å². The lowest BCUT2D eigenvalue weighted by atomic mass is 10.2. The molecular weight excluding hydrogens is 286 g/mol. The Morgan fingerprint density at radius 3 is 2.10 bits per heavy atom. The second-order valence-electron chi connectivity index (χ2n) is 4.73. The van der Waals surface area contributed by atoms with E-state index in [2.05, 4.69) is 0 Å². The van der Waals surface area contributed by atoms with Crippen LogP contribution in [0.4, 0.5) is 8.78 Å². The predicted octanol–water partition coefficient (Wildman–Crippen LogP) is 1.26. The number of rotatable bonds is 2. The van der Waals surface area contributed by atoms with Crippen molar-refractivity contribution in [3.8, 4) is 0 Å². The molecular formula is C13H12F2N2O4. The Balaban J connectivity index is 2.79. The van der Waals surface area contributed by atoms with Gasteiger partial charge in [0.05, 0.1) is 18.2 Å². The van der Waals surface area contributed by atoms with Crippen LogP contribution in [0.2, 0.25) is 0 Å². The fourth-order valence-electron chi connectivity index (χ4n) is 1.90. The molecule has 2 aromatic rings. The number of halogens is 2. The van der Waals surface area contributed by atoms with Crippen molar-refractivity contribution in [3.63, 3.8) is 0 Å². The zero-order valence-electron chi connectivity index (χ0n) is 11.5. The fraction of sp³-hybridized carbons (Fsp3) is 0.308. The summed E-state index contributed by atoms with van der Waals surface area (Å²) in [6.07, 6.45) is -0.502. The molecule has 1 aromatic carbocycles. The van der Waals surface area contributed by atoms with Crippen molar-refractivity contribution in [2.24, 2.45) is 0 Å². The number of hydrogen-bond donors (Lipinski definition) is 0. The number of carbonyl (C=O) groups excluding carboxylic acids is 1. The summed E-state index contributed by atoms with van der Waals surface area (Å²) >= 11 is 0. The van der Waals surface area contributed by atoms with E-state index < -0.39 is 34.9 Å². The Labute approximate surface area is 118 Å². The fourth-order valence-corrected chi connectivity index (χ4v) is 1.90. The van der Waals surface area contributed by atoms with Crippen molar-refractivity contribution >= 4 is 17.0 Å². The Morgan fingerprint density at radius 2 is 1.62 bits per heavy atom. The van der Waals surface area contributed by atoms with E-state index in [9.17, 15) is 24.0 Å². The molecule has 0 radical (unpaired) electrons. The first-order valence-corrected chi connectivity index (χ1v) is 6.09. The molecule has 21 heavy (non-hydrogen) atoms. The number of fused-ring (bicyclic) bond motifs is 1. The minimum absolute atomic E-state index is 0.0757. The van der Waals surface area contributed by atoms with Crippen LogP contribution in [0.15, 0.2) is 12.1 Å². The van der Waals surface area contributed by atoms with Crippen LogP contribution in [-0.2, 0) is 4.74 Å². The number of benzene rings is 1. The average Bonchev–Trinajstić information content (AvgIpc) is 2.38. The van der Waals surface area contributed by atoms with Crippen LogP contribution in [0.5, 0.6) is 0 Å². The molecule has 0 spiro atoms. The third-order valence-electron chi connectivity index (χ3n) is 2.84. The summed E-state index contributed by atoms with van der Waals surface area (Å²) in [6.45, 7) is 4.37. The lowest BCUT2D eigenvalue weighted by Crippen LogP contribution is -2.47. The highest BCUT2D eigenvalue weighted by molar-refractivity contribution is 5.87. The van der Waals surface area contributed by atoms with Crippen LogP contribution in [0.1, 0.15) is 30.0 Å². The van der Waals surface area contributed by atoms with E-state index >= 15 is 0 Å². The molecule has 112 valence electrons. The molecule has 0 amide bonds. The number of carbonyl (C=O) groups is 1. The quantitative estimate of drug-likeness (QED) is 0.475. The van der Waals surface area contributed by atoms with Gasteiger partial charge in [0.1, 0.15) is 0 Å². The van der Waals surface area contributed by atoms with Crippen molar-refractivity contribution in [1.82, 2.24) is 0 Å². The van der Waals surface area contributed by atoms with Gasteiger partial charge in [-0.15, -0.1) is 4.73 Å². The molecule has 0 aliphatic rings. The second kappa shape index (κ2) is 5.12. The first-order chi connectivity index (χ1) is 9.73. The number of aromatic nitrogens is 2. The minimum Gasteiger partial charge on any atom is -0.618 e. The maximum atomic E-state index is 13.2. The van der Waals surface area contributed by atoms with Crippen LogP contribution in [0, 0.1) is 29.0 Å². The number of ether oxygens (including phenoxy) is 1. The maximum absolute atomic E-state index is 13.2. The van der Waals surface area contributed by atoms with E-state index in [0.717, 1.165) is 0 Å². The summed E-state index contributed by atoms with van der Waals surface area (Å²) in [6, 6.07) is 1.17. The van der Waals surface area contributed by atoms with Crippen LogP contribution in [-0.4, -0.2) is 12.1 Å². The Hall–Kier alpha value is -2.51. The molecule has 0 saturated carbocycles. The van der Waals surface area contributed by atoms with Gasteiger partial charge < -0.3 is 15.2 Å². The van der Waals surface area contributed by atoms with Gasteiger partial charge >= 0.3 is 11.7 Å². The highest BCUT2D eigenvalue weighted by atomic mass is 19.2.